The Labute approximate surface area is 147 Å². The Kier molecular flexibility index (Phi) is 24.2. The number of fused-ring (bicyclic) bond motifs is 1. The van der Waals surface area contributed by atoms with Crippen LogP contribution in [0.25, 0.3) is 10.8 Å². The lowest BCUT2D eigenvalue weighted by atomic mass is 10.1. The number of benzene rings is 2. The summed E-state index contributed by atoms with van der Waals surface area (Å²) in [6, 6.07) is 16.7. The summed E-state index contributed by atoms with van der Waals surface area (Å²) >= 11 is 0. The van der Waals surface area contributed by atoms with Crippen LogP contribution >= 0.6 is 0 Å². The van der Waals surface area contributed by atoms with Gasteiger partial charge < -0.3 is 0 Å². The summed E-state index contributed by atoms with van der Waals surface area (Å²) in [6.07, 6.45) is 0.715. The fraction of sp³-hybridized carbons (Fsp3) is 0.375. The Balaban J connectivity index is -0.000000124. The standard InChI is InChI=1S/C10H8.2C2H6.CH4O3S.CH4.O3S/c1-2-6-10-8-4-3-7-9(10)5-1;2*1-2;1-5(2,3)4;;1-4(2)3/h1-8H;2*1-2H3;1H3,(H,2,3,4);1H4;. The van der Waals surface area contributed by atoms with Gasteiger partial charge in [0.05, 0.1) is 6.26 Å². The van der Waals surface area contributed by atoms with Crippen molar-refractivity contribution in [2.75, 3.05) is 6.26 Å². The van der Waals surface area contributed by atoms with E-state index in [2.05, 4.69) is 48.5 Å². The SMILES string of the molecule is C.CC.CC.CS(=O)(=O)O.O=S(=O)=O.c1ccc2ccccc2c1. The molecule has 2 rings (SSSR count). The van der Waals surface area contributed by atoms with E-state index in [1.165, 1.54) is 10.8 Å². The van der Waals surface area contributed by atoms with Crippen LogP contribution in [0, 0.1) is 0 Å². The highest BCUT2D eigenvalue weighted by Crippen LogP contribution is 2.11. The van der Waals surface area contributed by atoms with Crippen LogP contribution in [-0.4, -0.2) is 31.9 Å². The predicted molar refractivity (Wildman–Crippen MR) is 101 cm³/mol. The van der Waals surface area contributed by atoms with Gasteiger partial charge in [0.1, 0.15) is 0 Å². The first-order valence-electron chi connectivity index (χ1n) is 6.83. The molecule has 0 amide bonds. The number of rotatable bonds is 0. The van der Waals surface area contributed by atoms with Gasteiger partial charge in [-0.1, -0.05) is 83.7 Å². The van der Waals surface area contributed by atoms with E-state index >= 15 is 0 Å². The van der Waals surface area contributed by atoms with E-state index in [-0.39, 0.29) is 7.43 Å². The summed E-state index contributed by atoms with van der Waals surface area (Å²) < 4.78 is 51.2. The summed E-state index contributed by atoms with van der Waals surface area (Å²) in [5, 5.41) is 2.62. The van der Waals surface area contributed by atoms with Gasteiger partial charge in [-0.3, -0.25) is 4.55 Å². The molecule has 0 aliphatic rings. The van der Waals surface area contributed by atoms with Crippen molar-refractivity contribution in [2.45, 2.75) is 35.1 Å². The van der Waals surface area contributed by atoms with Crippen LogP contribution in [0.3, 0.4) is 0 Å². The summed E-state index contributed by atoms with van der Waals surface area (Å²) in [4.78, 5) is 0. The first kappa shape index (κ1) is 30.1. The molecule has 0 unspecified atom stereocenters. The van der Waals surface area contributed by atoms with E-state index in [4.69, 9.17) is 17.2 Å². The molecule has 1 N–H and O–H groups in total. The van der Waals surface area contributed by atoms with Gasteiger partial charge in [0, 0.05) is 0 Å². The van der Waals surface area contributed by atoms with Crippen LogP contribution in [0.4, 0.5) is 0 Å². The lowest BCUT2D eigenvalue weighted by molar-refractivity contribution is 0.490. The molecule has 0 bridgehead atoms. The van der Waals surface area contributed by atoms with Gasteiger partial charge in [-0.2, -0.15) is 8.42 Å². The zero-order chi connectivity index (χ0) is 18.9. The lowest BCUT2D eigenvalue weighted by Crippen LogP contribution is -1.88. The second kappa shape index (κ2) is 19.3. The molecule has 0 aliphatic heterocycles. The molecule has 0 radical (unpaired) electrons. The van der Waals surface area contributed by atoms with Gasteiger partial charge in [-0.05, 0) is 10.8 Å². The van der Waals surface area contributed by atoms with Gasteiger partial charge in [0.15, 0.2) is 0 Å². The summed E-state index contributed by atoms with van der Waals surface area (Å²) in [5.74, 6) is 0. The highest BCUT2D eigenvalue weighted by atomic mass is 32.2. The van der Waals surface area contributed by atoms with E-state index in [1.807, 2.05) is 27.7 Å². The third kappa shape index (κ3) is 28.4. The van der Waals surface area contributed by atoms with Gasteiger partial charge in [-0.15, -0.1) is 12.6 Å². The minimum atomic E-state index is -3.67. The van der Waals surface area contributed by atoms with Gasteiger partial charge in [0.25, 0.3) is 10.1 Å². The topological polar surface area (TPSA) is 106 Å². The molecule has 140 valence electrons. The largest absolute Gasteiger partial charge is 0.425 e. The maximum absolute atomic E-state index is 9.19. The Morgan fingerprint density at radius 2 is 0.875 bits per heavy atom. The van der Waals surface area contributed by atoms with Crippen molar-refractivity contribution in [1.82, 2.24) is 0 Å². The normalized spacial score (nSPS) is 8.08. The molecule has 0 aromatic heterocycles. The molecule has 0 atom stereocenters. The smallest absolute Gasteiger partial charge is 0.286 e. The first-order valence-corrected chi connectivity index (χ1v) is 9.68. The summed E-state index contributed by atoms with van der Waals surface area (Å²) in [7, 11) is -6.78. The second-order valence-electron chi connectivity index (χ2n) is 3.28. The van der Waals surface area contributed by atoms with E-state index in [1.54, 1.807) is 0 Å². The molecular formula is C16H28O6S2. The van der Waals surface area contributed by atoms with Gasteiger partial charge in [-0.25, -0.2) is 0 Å². The van der Waals surface area contributed by atoms with Crippen molar-refractivity contribution in [2.24, 2.45) is 0 Å². The molecule has 6 nitrogen and oxygen atoms in total. The van der Waals surface area contributed by atoms with Gasteiger partial charge >= 0.3 is 10.6 Å². The van der Waals surface area contributed by atoms with Crippen LogP contribution in [0.1, 0.15) is 35.1 Å². The molecule has 0 saturated carbocycles. The number of hydrogen-bond donors (Lipinski definition) is 1. The predicted octanol–water partition coefficient (Wildman–Crippen LogP) is 4.03. The van der Waals surface area contributed by atoms with Crippen LogP contribution in [0.5, 0.6) is 0 Å². The zero-order valence-electron chi connectivity index (χ0n) is 13.9. The highest BCUT2D eigenvalue weighted by Gasteiger charge is 1.85. The van der Waals surface area contributed by atoms with Crippen molar-refractivity contribution in [1.29, 1.82) is 0 Å². The third-order valence-electron chi connectivity index (χ3n) is 1.66. The molecule has 2 aromatic carbocycles. The second-order valence-corrected chi connectivity index (χ2v) is 5.16. The van der Waals surface area contributed by atoms with Crippen LogP contribution < -0.4 is 0 Å². The maximum atomic E-state index is 9.19. The number of hydrogen-bond acceptors (Lipinski definition) is 5. The molecule has 0 heterocycles. The molecule has 0 aliphatic carbocycles. The molecule has 0 saturated heterocycles. The van der Waals surface area contributed by atoms with E-state index < -0.39 is 20.7 Å². The Bertz CT molecular complexity index is 643. The fourth-order valence-corrected chi connectivity index (χ4v) is 1.13. The molecule has 0 fully saturated rings. The van der Waals surface area contributed by atoms with E-state index in [9.17, 15) is 8.42 Å². The van der Waals surface area contributed by atoms with Crippen molar-refractivity contribution in [3.8, 4) is 0 Å². The molecule has 0 spiro atoms. The average molecular weight is 381 g/mol. The average Bonchev–Trinajstić information content (AvgIpc) is 2.49. The van der Waals surface area contributed by atoms with Crippen molar-refractivity contribution in [3.63, 3.8) is 0 Å². The quantitative estimate of drug-likeness (QED) is 0.692. The first-order chi connectivity index (χ1) is 10.7. The summed E-state index contributed by atoms with van der Waals surface area (Å²) in [5.41, 5.74) is 0. The van der Waals surface area contributed by atoms with E-state index in [0.717, 1.165) is 0 Å². The molecular weight excluding hydrogens is 352 g/mol. The van der Waals surface area contributed by atoms with Crippen LogP contribution in [0.2, 0.25) is 0 Å². The molecule has 24 heavy (non-hydrogen) atoms. The Morgan fingerprint density at radius 3 is 1.00 bits per heavy atom. The van der Waals surface area contributed by atoms with E-state index in [0.29, 0.717) is 6.26 Å². The molecule has 8 heteroatoms. The third-order valence-corrected chi connectivity index (χ3v) is 1.66. The Hall–Kier alpha value is -1.77. The molecule has 2 aromatic rings. The minimum Gasteiger partial charge on any atom is -0.286 e. The van der Waals surface area contributed by atoms with Crippen LogP contribution in [-0.2, 0) is 20.7 Å². The van der Waals surface area contributed by atoms with Crippen molar-refractivity contribution >= 4 is 31.5 Å². The van der Waals surface area contributed by atoms with Crippen molar-refractivity contribution in [3.05, 3.63) is 48.5 Å². The monoisotopic (exact) mass is 380 g/mol. The fourth-order valence-electron chi connectivity index (χ4n) is 1.13. The lowest BCUT2D eigenvalue weighted by Gasteiger charge is -1.92. The summed E-state index contributed by atoms with van der Waals surface area (Å²) in [6.45, 7) is 8.00. The minimum absolute atomic E-state index is 0. The zero-order valence-corrected chi connectivity index (χ0v) is 15.6. The van der Waals surface area contributed by atoms with Gasteiger partial charge in [0.2, 0.25) is 0 Å². The van der Waals surface area contributed by atoms with Crippen LogP contribution in [0.15, 0.2) is 48.5 Å². The Morgan fingerprint density at radius 1 is 0.750 bits per heavy atom. The van der Waals surface area contributed by atoms with Crippen molar-refractivity contribution < 1.29 is 25.6 Å². The highest BCUT2D eigenvalue weighted by molar-refractivity contribution is 7.85. The maximum Gasteiger partial charge on any atom is 0.425 e.